The van der Waals surface area contributed by atoms with E-state index in [1.165, 1.54) is 5.56 Å². The van der Waals surface area contributed by atoms with Crippen LogP contribution in [0.4, 0.5) is 5.69 Å². The third kappa shape index (κ3) is 5.70. The van der Waals surface area contributed by atoms with Gasteiger partial charge in [0, 0.05) is 18.8 Å². The average molecular weight is 325 g/mol. The van der Waals surface area contributed by atoms with Crippen molar-refractivity contribution in [3.8, 4) is 0 Å². The van der Waals surface area contributed by atoms with Crippen LogP contribution in [0.5, 0.6) is 0 Å². The molecule has 0 aliphatic rings. The van der Waals surface area contributed by atoms with E-state index in [0.29, 0.717) is 6.61 Å². The quantitative estimate of drug-likeness (QED) is 0.440. The number of hydrogen-bond donors (Lipinski definition) is 2. The summed E-state index contributed by atoms with van der Waals surface area (Å²) >= 11 is 0. The summed E-state index contributed by atoms with van der Waals surface area (Å²) in [5.74, 6) is 0.230. The van der Waals surface area contributed by atoms with Gasteiger partial charge in [-0.25, -0.2) is 0 Å². The van der Waals surface area contributed by atoms with Crippen LogP contribution < -0.4 is 5.32 Å². The summed E-state index contributed by atoms with van der Waals surface area (Å²) in [6.45, 7) is 4.28. The molecule has 0 heterocycles. The van der Waals surface area contributed by atoms with E-state index in [2.05, 4.69) is 28.4 Å². The van der Waals surface area contributed by atoms with Crippen molar-refractivity contribution in [3.63, 3.8) is 0 Å². The lowest BCUT2D eigenvalue weighted by Gasteiger charge is -2.15. The molecule has 0 aliphatic carbocycles. The molecule has 0 aliphatic heterocycles. The summed E-state index contributed by atoms with van der Waals surface area (Å²) in [6.07, 6.45) is 0.911. The summed E-state index contributed by atoms with van der Waals surface area (Å²) < 4.78 is 5.64. The van der Waals surface area contributed by atoms with E-state index in [1.807, 2.05) is 51.4 Å². The molecule has 2 aromatic rings. The van der Waals surface area contributed by atoms with Gasteiger partial charge in [0.1, 0.15) is 0 Å². The molecule has 2 N–H and O–H groups in total. The van der Waals surface area contributed by atoms with Gasteiger partial charge in [-0.1, -0.05) is 42.0 Å². The number of rotatable bonds is 8. The predicted molar refractivity (Wildman–Crippen MR) is 101 cm³/mol. The topological polar surface area (TPSA) is 48.4 Å². The van der Waals surface area contributed by atoms with Crippen LogP contribution in [-0.4, -0.2) is 38.0 Å². The second-order valence-corrected chi connectivity index (χ2v) is 6.22. The monoisotopic (exact) mass is 325 g/mol. The largest absolute Gasteiger partial charge is 0.478 e. The first-order chi connectivity index (χ1) is 11.6. The lowest BCUT2D eigenvalue weighted by atomic mass is 10.1. The van der Waals surface area contributed by atoms with Crippen molar-refractivity contribution < 1.29 is 4.74 Å². The van der Waals surface area contributed by atoms with Crippen LogP contribution in [0.3, 0.4) is 0 Å². The number of nitrogens with zero attached hydrogens (tertiary/aromatic N) is 1. The van der Waals surface area contributed by atoms with Crippen LogP contribution in [0.25, 0.3) is 0 Å². The Bertz CT molecular complexity index is 653. The molecule has 0 aromatic heterocycles. The zero-order valence-corrected chi connectivity index (χ0v) is 14.8. The molecule has 0 saturated carbocycles. The smallest absolute Gasteiger partial charge is 0.215 e. The van der Waals surface area contributed by atoms with Gasteiger partial charge in [0.05, 0.1) is 12.2 Å². The van der Waals surface area contributed by atoms with Crippen LogP contribution >= 0.6 is 0 Å². The maximum atomic E-state index is 8.26. The highest BCUT2D eigenvalue weighted by Crippen LogP contribution is 2.19. The highest BCUT2D eigenvalue weighted by atomic mass is 16.5. The molecular weight excluding hydrogens is 298 g/mol. The summed E-state index contributed by atoms with van der Waals surface area (Å²) in [5, 5.41) is 11.7. The molecule has 24 heavy (non-hydrogen) atoms. The minimum atomic E-state index is 0.230. The number of anilines is 1. The molecule has 2 aromatic carbocycles. The number of nitrogens with one attached hydrogen (secondary N) is 2. The van der Waals surface area contributed by atoms with Crippen molar-refractivity contribution >= 4 is 11.6 Å². The second kappa shape index (κ2) is 9.08. The van der Waals surface area contributed by atoms with Gasteiger partial charge >= 0.3 is 0 Å². The van der Waals surface area contributed by atoms with Crippen LogP contribution in [0.1, 0.15) is 23.1 Å². The third-order valence-corrected chi connectivity index (χ3v) is 3.74. The minimum absolute atomic E-state index is 0.230. The van der Waals surface area contributed by atoms with E-state index in [1.54, 1.807) is 0 Å². The van der Waals surface area contributed by atoms with Crippen LogP contribution in [-0.2, 0) is 11.3 Å². The Morgan fingerprint density at radius 1 is 1.12 bits per heavy atom. The molecular formula is C20H27N3O. The lowest BCUT2D eigenvalue weighted by molar-refractivity contribution is 0.270. The Morgan fingerprint density at radius 3 is 2.58 bits per heavy atom. The molecule has 4 nitrogen and oxygen atoms in total. The first kappa shape index (κ1) is 18.0. The van der Waals surface area contributed by atoms with E-state index >= 15 is 0 Å². The Balaban J connectivity index is 2.00. The zero-order chi connectivity index (χ0) is 17.4. The number of aryl methyl sites for hydroxylation is 1. The molecule has 0 bridgehead atoms. The molecule has 0 atom stereocenters. The van der Waals surface area contributed by atoms with Gasteiger partial charge in [0.15, 0.2) is 0 Å². The van der Waals surface area contributed by atoms with E-state index < -0.39 is 0 Å². The average Bonchev–Trinajstić information content (AvgIpc) is 2.58. The first-order valence-corrected chi connectivity index (χ1v) is 8.31. The van der Waals surface area contributed by atoms with Gasteiger partial charge in [0.25, 0.3) is 0 Å². The van der Waals surface area contributed by atoms with Gasteiger partial charge in [-0.15, -0.1) is 0 Å². The Labute approximate surface area is 145 Å². The lowest BCUT2D eigenvalue weighted by Crippen LogP contribution is -2.17. The molecule has 0 spiro atoms. The van der Waals surface area contributed by atoms with Crippen molar-refractivity contribution in [2.45, 2.75) is 19.9 Å². The maximum absolute atomic E-state index is 8.26. The van der Waals surface area contributed by atoms with Crippen LogP contribution in [0.15, 0.2) is 48.5 Å². The number of benzene rings is 2. The number of ether oxygens (including phenoxy) is 1. The van der Waals surface area contributed by atoms with E-state index in [0.717, 1.165) is 36.3 Å². The molecule has 4 heteroatoms. The van der Waals surface area contributed by atoms with Gasteiger partial charge in [-0.05, 0) is 45.1 Å². The molecule has 2 rings (SSSR count). The first-order valence-electron chi connectivity index (χ1n) is 8.31. The summed E-state index contributed by atoms with van der Waals surface area (Å²) in [7, 11) is 4.08. The van der Waals surface area contributed by atoms with Crippen LogP contribution in [0.2, 0.25) is 0 Å². The normalized spacial score (nSPS) is 10.7. The SMILES string of the molecule is Cc1ccc(NCc2ccccc2)c(C(=N)OCCCN(C)C)c1. The zero-order valence-electron chi connectivity index (χ0n) is 14.8. The minimum Gasteiger partial charge on any atom is -0.478 e. The fourth-order valence-corrected chi connectivity index (χ4v) is 2.43. The Hall–Kier alpha value is -2.33. The molecule has 0 amide bonds. The van der Waals surface area contributed by atoms with Crippen molar-refractivity contribution in [3.05, 3.63) is 65.2 Å². The highest BCUT2D eigenvalue weighted by Gasteiger charge is 2.10. The van der Waals surface area contributed by atoms with Gasteiger partial charge in [0.2, 0.25) is 5.90 Å². The van der Waals surface area contributed by atoms with Gasteiger partial charge < -0.3 is 15.0 Å². The standard InChI is InChI=1S/C20H27N3O/c1-16-10-11-19(22-15-17-8-5-4-6-9-17)18(14-16)20(21)24-13-7-12-23(2)3/h4-6,8-11,14,21-22H,7,12-13,15H2,1-3H3. The second-order valence-electron chi connectivity index (χ2n) is 6.22. The Kier molecular flexibility index (Phi) is 6.82. The van der Waals surface area contributed by atoms with Crippen molar-refractivity contribution in [1.29, 1.82) is 5.41 Å². The predicted octanol–water partition coefficient (Wildman–Crippen LogP) is 3.90. The van der Waals surface area contributed by atoms with Gasteiger partial charge in [-0.3, -0.25) is 5.41 Å². The highest BCUT2D eigenvalue weighted by molar-refractivity contribution is 5.97. The molecule has 128 valence electrons. The van der Waals surface area contributed by atoms with Gasteiger partial charge in [-0.2, -0.15) is 0 Å². The molecule has 0 fully saturated rings. The van der Waals surface area contributed by atoms with Crippen molar-refractivity contribution in [2.75, 3.05) is 32.6 Å². The molecule has 0 saturated heterocycles. The van der Waals surface area contributed by atoms with Crippen molar-refractivity contribution in [1.82, 2.24) is 4.90 Å². The summed E-state index contributed by atoms with van der Waals surface area (Å²) in [6, 6.07) is 16.3. The summed E-state index contributed by atoms with van der Waals surface area (Å²) in [4.78, 5) is 2.12. The van der Waals surface area contributed by atoms with E-state index in [4.69, 9.17) is 10.1 Å². The van der Waals surface area contributed by atoms with E-state index in [9.17, 15) is 0 Å². The fraction of sp³-hybridized carbons (Fsp3) is 0.350. The Morgan fingerprint density at radius 2 is 1.88 bits per heavy atom. The molecule has 0 unspecified atom stereocenters. The van der Waals surface area contributed by atoms with E-state index in [-0.39, 0.29) is 5.90 Å². The maximum Gasteiger partial charge on any atom is 0.215 e. The third-order valence-electron chi connectivity index (χ3n) is 3.74. The summed E-state index contributed by atoms with van der Waals surface area (Å²) in [5.41, 5.74) is 4.08. The number of hydrogen-bond acceptors (Lipinski definition) is 4. The van der Waals surface area contributed by atoms with Crippen molar-refractivity contribution in [2.24, 2.45) is 0 Å². The molecule has 0 radical (unpaired) electrons. The fourth-order valence-electron chi connectivity index (χ4n) is 2.43. The van der Waals surface area contributed by atoms with Crippen LogP contribution in [0, 0.1) is 12.3 Å².